The van der Waals surface area contributed by atoms with Crippen molar-refractivity contribution in [2.75, 3.05) is 6.54 Å². The summed E-state index contributed by atoms with van der Waals surface area (Å²) in [6, 6.07) is 6.49. The van der Waals surface area contributed by atoms with E-state index < -0.39 is 0 Å². The lowest BCUT2D eigenvalue weighted by Gasteiger charge is -2.24. The molecular formula is C19H21N5O. The molecule has 3 aromatic heterocycles. The Kier molecular flexibility index (Phi) is 4.28. The van der Waals surface area contributed by atoms with E-state index in [2.05, 4.69) is 32.2 Å². The first kappa shape index (κ1) is 15.9. The Balaban J connectivity index is 1.62. The van der Waals surface area contributed by atoms with E-state index in [-0.39, 0.29) is 0 Å². The number of hydrogen-bond acceptors (Lipinski definition) is 6. The molecule has 1 aliphatic rings. The molecule has 6 heteroatoms. The van der Waals surface area contributed by atoms with Gasteiger partial charge in [-0.3, -0.25) is 9.88 Å². The Labute approximate surface area is 146 Å². The summed E-state index contributed by atoms with van der Waals surface area (Å²) in [7, 11) is 0. The smallest absolute Gasteiger partial charge is 0.164 e. The summed E-state index contributed by atoms with van der Waals surface area (Å²) in [6.07, 6.45) is 7.83. The molecule has 0 spiro atoms. The number of rotatable bonds is 4. The lowest BCUT2D eigenvalue weighted by molar-refractivity contribution is 0.244. The zero-order chi connectivity index (χ0) is 17.2. The summed E-state index contributed by atoms with van der Waals surface area (Å²) in [5.74, 6) is 1.46. The van der Waals surface area contributed by atoms with E-state index in [9.17, 15) is 0 Å². The van der Waals surface area contributed by atoms with Gasteiger partial charge in [-0.25, -0.2) is 9.97 Å². The van der Waals surface area contributed by atoms with E-state index in [0.29, 0.717) is 11.9 Å². The molecule has 4 rings (SSSR count). The maximum atomic E-state index is 5.27. The van der Waals surface area contributed by atoms with Gasteiger partial charge in [0.15, 0.2) is 5.82 Å². The highest BCUT2D eigenvalue weighted by atomic mass is 16.5. The molecule has 0 amide bonds. The van der Waals surface area contributed by atoms with Crippen molar-refractivity contribution < 1.29 is 4.52 Å². The standard InChI is InChI=1S/C19H21N5O/c1-13-18(14(2)25-23-13)19-21-10-7-16(22-19)17-4-3-11-24(17)12-15-5-8-20-9-6-15/h5-10,17H,3-4,11-12H2,1-2H3/t17-/m1/s1. The molecule has 0 aliphatic carbocycles. The van der Waals surface area contributed by atoms with Crippen molar-refractivity contribution in [2.24, 2.45) is 0 Å². The van der Waals surface area contributed by atoms with Crippen LogP contribution < -0.4 is 0 Å². The van der Waals surface area contributed by atoms with Crippen molar-refractivity contribution in [2.45, 2.75) is 39.3 Å². The van der Waals surface area contributed by atoms with Crippen molar-refractivity contribution in [3.8, 4) is 11.4 Å². The van der Waals surface area contributed by atoms with E-state index in [0.717, 1.165) is 42.2 Å². The van der Waals surface area contributed by atoms with Gasteiger partial charge in [-0.15, -0.1) is 0 Å². The van der Waals surface area contributed by atoms with Crippen LogP contribution in [0.5, 0.6) is 0 Å². The van der Waals surface area contributed by atoms with Crippen LogP contribution in [0.4, 0.5) is 0 Å². The van der Waals surface area contributed by atoms with Crippen LogP contribution in [0.25, 0.3) is 11.4 Å². The summed E-state index contributed by atoms with van der Waals surface area (Å²) >= 11 is 0. The largest absolute Gasteiger partial charge is 0.361 e. The highest BCUT2D eigenvalue weighted by Crippen LogP contribution is 2.33. The fourth-order valence-corrected chi connectivity index (χ4v) is 3.55. The third kappa shape index (κ3) is 3.17. The maximum Gasteiger partial charge on any atom is 0.164 e. The van der Waals surface area contributed by atoms with Crippen LogP contribution in [0, 0.1) is 13.8 Å². The Hall–Kier alpha value is -2.60. The third-order valence-corrected chi connectivity index (χ3v) is 4.77. The number of hydrogen-bond donors (Lipinski definition) is 0. The zero-order valence-corrected chi connectivity index (χ0v) is 14.5. The molecule has 128 valence electrons. The van der Waals surface area contributed by atoms with Crippen LogP contribution in [0.3, 0.4) is 0 Å². The van der Waals surface area contributed by atoms with Gasteiger partial charge in [-0.1, -0.05) is 5.16 Å². The molecule has 0 N–H and O–H groups in total. The monoisotopic (exact) mass is 335 g/mol. The number of nitrogens with zero attached hydrogens (tertiary/aromatic N) is 5. The summed E-state index contributed by atoms with van der Waals surface area (Å²) in [5.41, 5.74) is 4.08. The van der Waals surface area contributed by atoms with Crippen molar-refractivity contribution in [1.29, 1.82) is 0 Å². The minimum Gasteiger partial charge on any atom is -0.361 e. The van der Waals surface area contributed by atoms with Crippen LogP contribution in [-0.4, -0.2) is 31.6 Å². The Morgan fingerprint density at radius 1 is 1.16 bits per heavy atom. The van der Waals surface area contributed by atoms with E-state index in [1.165, 1.54) is 12.0 Å². The molecule has 0 saturated carbocycles. The SMILES string of the molecule is Cc1noc(C)c1-c1nccc([C@H]2CCCN2Cc2ccncc2)n1. The maximum absolute atomic E-state index is 5.27. The van der Waals surface area contributed by atoms with E-state index in [4.69, 9.17) is 9.51 Å². The molecule has 1 atom stereocenters. The number of pyridine rings is 1. The topological polar surface area (TPSA) is 67.9 Å². The minimum atomic E-state index is 0.315. The van der Waals surface area contributed by atoms with Crippen molar-refractivity contribution in [3.05, 3.63) is 59.5 Å². The fourth-order valence-electron chi connectivity index (χ4n) is 3.55. The van der Waals surface area contributed by atoms with Gasteiger partial charge >= 0.3 is 0 Å². The van der Waals surface area contributed by atoms with Gasteiger partial charge in [0, 0.05) is 25.1 Å². The van der Waals surface area contributed by atoms with Gasteiger partial charge in [-0.05, 0) is 57.0 Å². The van der Waals surface area contributed by atoms with Crippen LogP contribution >= 0.6 is 0 Å². The van der Waals surface area contributed by atoms with Crippen LogP contribution in [0.2, 0.25) is 0 Å². The Bertz CT molecular complexity index is 842. The van der Waals surface area contributed by atoms with Gasteiger partial charge in [-0.2, -0.15) is 0 Å². The number of aryl methyl sites for hydroxylation is 2. The molecule has 1 saturated heterocycles. The third-order valence-electron chi connectivity index (χ3n) is 4.77. The first-order valence-corrected chi connectivity index (χ1v) is 8.61. The molecule has 6 nitrogen and oxygen atoms in total. The minimum absolute atomic E-state index is 0.315. The molecule has 0 bridgehead atoms. The quantitative estimate of drug-likeness (QED) is 0.727. The highest BCUT2D eigenvalue weighted by Gasteiger charge is 2.28. The second kappa shape index (κ2) is 6.72. The molecular weight excluding hydrogens is 314 g/mol. The molecule has 3 aromatic rings. The second-order valence-corrected chi connectivity index (χ2v) is 6.49. The summed E-state index contributed by atoms with van der Waals surface area (Å²) in [6.45, 7) is 5.82. The molecule has 0 radical (unpaired) electrons. The second-order valence-electron chi connectivity index (χ2n) is 6.49. The van der Waals surface area contributed by atoms with Crippen LogP contribution in [-0.2, 0) is 6.54 Å². The average Bonchev–Trinajstić information content (AvgIpc) is 3.22. The molecule has 0 aromatic carbocycles. The molecule has 4 heterocycles. The zero-order valence-electron chi connectivity index (χ0n) is 14.5. The first-order chi connectivity index (χ1) is 12.2. The van der Waals surface area contributed by atoms with Gasteiger partial charge in [0.1, 0.15) is 5.76 Å². The van der Waals surface area contributed by atoms with Crippen molar-refractivity contribution >= 4 is 0 Å². The highest BCUT2D eigenvalue weighted by molar-refractivity contribution is 5.59. The van der Waals surface area contributed by atoms with Gasteiger partial charge in [0.2, 0.25) is 0 Å². The molecule has 0 unspecified atom stereocenters. The van der Waals surface area contributed by atoms with Gasteiger partial charge in [0.25, 0.3) is 0 Å². The number of aromatic nitrogens is 4. The molecule has 25 heavy (non-hydrogen) atoms. The van der Waals surface area contributed by atoms with Crippen LogP contribution in [0.1, 0.15) is 41.6 Å². The average molecular weight is 335 g/mol. The number of likely N-dealkylation sites (tertiary alicyclic amines) is 1. The predicted octanol–water partition coefficient (Wildman–Crippen LogP) is 3.48. The van der Waals surface area contributed by atoms with Crippen LogP contribution in [0.15, 0.2) is 41.3 Å². The lowest BCUT2D eigenvalue weighted by Crippen LogP contribution is -2.23. The van der Waals surface area contributed by atoms with E-state index in [1.54, 1.807) is 0 Å². The Morgan fingerprint density at radius 3 is 2.76 bits per heavy atom. The van der Waals surface area contributed by atoms with E-state index >= 15 is 0 Å². The predicted molar refractivity (Wildman–Crippen MR) is 93.6 cm³/mol. The summed E-state index contributed by atoms with van der Waals surface area (Å²) in [5, 5.41) is 4.02. The van der Waals surface area contributed by atoms with Gasteiger partial charge < -0.3 is 4.52 Å². The first-order valence-electron chi connectivity index (χ1n) is 8.61. The van der Waals surface area contributed by atoms with Gasteiger partial charge in [0.05, 0.1) is 23.0 Å². The molecule has 1 aliphatic heterocycles. The van der Waals surface area contributed by atoms with E-state index in [1.807, 2.05) is 38.5 Å². The summed E-state index contributed by atoms with van der Waals surface area (Å²) in [4.78, 5) is 15.9. The lowest BCUT2D eigenvalue weighted by atomic mass is 10.1. The summed E-state index contributed by atoms with van der Waals surface area (Å²) < 4.78 is 5.27. The van der Waals surface area contributed by atoms with Crippen molar-refractivity contribution in [3.63, 3.8) is 0 Å². The Morgan fingerprint density at radius 2 is 2.00 bits per heavy atom. The normalized spacial score (nSPS) is 17.9. The fraction of sp³-hybridized carbons (Fsp3) is 0.368. The molecule has 1 fully saturated rings. The van der Waals surface area contributed by atoms with Crippen molar-refractivity contribution in [1.82, 2.24) is 25.0 Å².